The summed E-state index contributed by atoms with van der Waals surface area (Å²) in [6, 6.07) is 19.8. The number of amides is 1. The van der Waals surface area contributed by atoms with Crippen LogP contribution in [0.5, 0.6) is 0 Å². The van der Waals surface area contributed by atoms with Gasteiger partial charge < -0.3 is 0 Å². The van der Waals surface area contributed by atoms with Crippen molar-refractivity contribution in [2.45, 2.75) is 9.92 Å². The Bertz CT molecular complexity index is 860. The molecule has 1 amide bonds. The molecule has 3 aromatic rings. The highest BCUT2D eigenvalue weighted by Crippen LogP contribution is 2.27. The first-order valence-electron chi connectivity index (χ1n) is 7.00. The monoisotopic (exact) mass is 322 g/mol. The lowest BCUT2D eigenvalue weighted by molar-refractivity contribution is -0.124. The summed E-state index contributed by atoms with van der Waals surface area (Å²) in [6.45, 7) is 0. The number of nitrogens with zero attached hydrogens (tertiary/aromatic N) is 1. The molecule has 4 nitrogen and oxygen atoms in total. The van der Waals surface area contributed by atoms with Gasteiger partial charge in [0.25, 0.3) is 5.91 Å². The summed E-state index contributed by atoms with van der Waals surface area (Å²) in [5.74, 6) is -0.552. The fourth-order valence-corrected chi connectivity index (χ4v) is 2.87. The first-order valence-corrected chi connectivity index (χ1v) is 7.82. The van der Waals surface area contributed by atoms with Crippen molar-refractivity contribution in [2.24, 2.45) is 0 Å². The minimum Gasteiger partial charge on any atom is -0.288 e. The fraction of sp³-hybridized carbons (Fsp3) is 0. The predicted octanol–water partition coefficient (Wildman–Crippen LogP) is 3.90. The molecule has 0 unspecified atom stereocenters. The molecule has 114 valence electrons. The molecule has 5 heteroatoms. The van der Waals surface area contributed by atoms with Gasteiger partial charge in [0, 0.05) is 16.4 Å². The topological polar surface area (TPSA) is 62.2 Å². The Balaban J connectivity index is 1.74. The van der Waals surface area contributed by atoms with Crippen molar-refractivity contribution in [1.82, 2.24) is 10.5 Å². The number of hydroxylamine groups is 1. The summed E-state index contributed by atoms with van der Waals surface area (Å²) in [7, 11) is 0. The first-order chi connectivity index (χ1) is 11.2. The molecule has 0 radical (unpaired) electrons. The van der Waals surface area contributed by atoms with Crippen LogP contribution >= 0.6 is 11.8 Å². The van der Waals surface area contributed by atoms with Crippen molar-refractivity contribution in [3.63, 3.8) is 0 Å². The Kier molecular flexibility index (Phi) is 4.71. The number of carbonyl (C=O) groups excluding carboxylic acids is 1. The van der Waals surface area contributed by atoms with Crippen LogP contribution < -0.4 is 5.48 Å². The minimum atomic E-state index is -0.552. The lowest BCUT2D eigenvalue weighted by Crippen LogP contribution is -2.14. The third-order valence-corrected chi connectivity index (χ3v) is 4.16. The van der Waals surface area contributed by atoms with E-state index in [1.165, 1.54) is 6.08 Å². The maximum Gasteiger partial charge on any atom is 0.267 e. The molecule has 0 saturated heterocycles. The van der Waals surface area contributed by atoms with Crippen LogP contribution in [0, 0.1) is 0 Å². The van der Waals surface area contributed by atoms with Crippen LogP contribution in [0.1, 0.15) is 5.56 Å². The van der Waals surface area contributed by atoms with Crippen molar-refractivity contribution in [3.05, 3.63) is 72.3 Å². The third-order valence-electron chi connectivity index (χ3n) is 3.21. The van der Waals surface area contributed by atoms with Crippen molar-refractivity contribution in [3.8, 4) is 0 Å². The lowest BCUT2D eigenvalue weighted by atomic mass is 10.2. The molecule has 1 aromatic heterocycles. The number of para-hydroxylation sites is 1. The van der Waals surface area contributed by atoms with E-state index in [-0.39, 0.29) is 0 Å². The molecule has 2 aromatic carbocycles. The second-order valence-electron chi connectivity index (χ2n) is 4.82. The molecule has 1 heterocycles. The van der Waals surface area contributed by atoms with E-state index in [9.17, 15) is 4.79 Å². The average molecular weight is 322 g/mol. The summed E-state index contributed by atoms with van der Waals surface area (Å²) in [6.07, 6.45) is 2.90. The van der Waals surface area contributed by atoms with Crippen molar-refractivity contribution >= 4 is 34.6 Å². The first kappa shape index (κ1) is 15.3. The van der Waals surface area contributed by atoms with E-state index in [0.717, 1.165) is 26.4 Å². The molecular weight excluding hydrogens is 308 g/mol. The summed E-state index contributed by atoms with van der Waals surface area (Å²) in [5.41, 5.74) is 3.41. The van der Waals surface area contributed by atoms with Crippen LogP contribution in [0.25, 0.3) is 17.0 Å². The smallest absolute Gasteiger partial charge is 0.267 e. The number of nitrogens with one attached hydrogen (secondary N) is 1. The zero-order chi connectivity index (χ0) is 16.1. The maximum absolute atomic E-state index is 10.9. The van der Waals surface area contributed by atoms with E-state index in [0.29, 0.717) is 0 Å². The highest BCUT2D eigenvalue weighted by atomic mass is 32.2. The lowest BCUT2D eigenvalue weighted by Gasteiger charge is -2.03. The van der Waals surface area contributed by atoms with Gasteiger partial charge in [-0.05, 0) is 35.9 Å². The predicted molar refractivity (Wildman–Crippen MR) is 91.3 cm³/mol. The van der Waals surface area contributed by atoms with E-state index < -0.39 is 5.91 Å². The van der Waals surface area contributed by atoms with Crippen LogP contribution in [0.2, 0.25) is 0 Å². The van der Waals surface area contributed by atoms with Gasteiger partial charge >= 0.3 is 0 Å². The highest BCUT2D eigenvalue weighted by molar-refractivity contribution is 7.99. The van der Waals surface area contributed by atoms with Crippen LogP contribution in [-0.2, 0) is 4.79 Å². The SMILES string of the molecule is O=C(/C=C/c1ccc(Sc2ccc3ccccc3n2)cc1)NO. The van der Waals surface area contributed by atoms with Gasteiger partial charge in [0.1, 0.15) is 5.03 Å². The van der Waals surface area contributed by atoms with Crippen LogP contribution in [0.15, 0.2) is 76.7 Å². The summed E-state index contributed by atoms with van der Waals surface area (Å²) in [5, 5.41) is 10.5. The van der Waals surface area contributed by atoms with E-state index in [1.54, 1.807) is 23.3 Å². The summed E-state index contributed by atoms with van der Waals surface area (Å²) < 4.78 is 0. The Labute approximate surface area is 137 Å². The van der Waals surface area contributed by atoms with Gasteiger partial charge in [-0.25, -0.2) is 10.5 Å². The fourth-order valence-electron chi connectivity index (χ4n) is 2.08. The Hall–Kier alpha value is -2.63. The molecular formula is C18H14N2O2S. The molecule has 2 N–H and O–H groups in total. The molecule has 0 atom stereocenters. The number of benzene rings is 2. The maximum atomic E-state index is 10.9. The number of hydrogen-bond donors (Lipinski definition) is 2. The van der Waals surface area contributed by atoms with Crippen molar-refractivity contribution in [1.29, 1.82) is 0 Å². The third kappa shape index (κ3) is 3.97. The number of hydrogen-bond acceptors (Lipinski definition) is 4. The minimum absolute atomic E-state index is 0.552. The van der Waals surface area contributed by atoms with Crippen LogP contribution in [0.3, 0.4) is 0 Å². The molecule has 0 spiro atoms. The molecule has 3 rings (SSSR count). The van der Waals surface area contributed by atoms with Gasteiger partial charge in [-0.1, -0.05) is 48.2 Å². The zero-order valence-corrected chi connectivity index (χ0v) is 13.0. The summed E-state index contributed by atoms with van der Waals surface area (Å²) >= 11 is 1.59. The number of rotatable bonds is 4. The molecule has 0 fully saturated rings. The number of pyridine rings is 1. The van der Waals surface area contributed by atoms with Gasteiger partial charge in [-0.3, -0.25) is 10.0 Å². The molecule has 0 aliphatic heterocycles. The van der Waals surface area contributed by atoms with Crippen LogP contribution in [0.4, 0.5) is 0 Å². The quantitative estimate of drug-likeness (QED) is 0.434. The number of aromatic nitrogens is 1. The van der Waals surface area contributed by atoms with Gasteiger partial charge in [-0.15, -0.1) is 0 Å². The van der Waals surface area contributed by atoms with Crippen molar-refractivity contribution in [2.75, 3.05) is 0 Å². The summed E-state index contributed by atoms with van der Waals surface area (Å²) in [4.78, 5) is 16.6. The average Bonchev–Trinajstić information content (AvgIpc) is 2.60. The van der Waals surface area contributed by atoms with E-state index in [1.807, 2.05) is 54.6 Å². The molecule has 0 saturated carbocycles. The van der Waals surface area contributed by atoms with Gasteiger partial charge in [0.15, 0.2) is 0 Å². The Morgan fingerprint density at radius 3 is 2.61 bits per heavy atom. The zero-order valence-electron chi connectivity index (χ0n) is 12.1. The number of carbonyl (C=O) groups is 1. The van der Waals surface area contributed by atoms with E-state index in [2.05, 4.69) is 11.1 Å². The van der Waals surface area contributed by atoms with Crippen LogP contribution in [-0.4, -0.2) is 16.1 Å². The van der Waals surface area contributed by atoms with Gasteiger partial charge in [0.2, 0.25) is 0 Å². The second-order valence-corrected chi connectivity index (χ2v) is 5.92. The second kappa shape index (κ2) is 7.09. The highest BCUT2D eigenvalue weighted by Gasteiger charge is 2.01. The normalized spacial score (nSPS) is 11.0. The standard InChI is InChI=1S/C18H14N2O2S/c21-17(20-22)11-7-13-5-9-15(10-6-13)23-18-12-8-14-3-1-2-4-16(14)19-18/h1-12,22H,(H,20,21)/b11-7+. The largest absolute Gasteiger partial charge is 0.288 e. The van der Waals surface area contributed by atoms with E-state index >= 15 is 0 Å². The molecule has 23 heavy (non-hydrogen) atoms. The Morgan fingerprint density at radius 2 is 1.83 bits per heavy atom. The number of fused-ring (bicyclic) bond motifs is 1. The van der Waals surface area contributed by atoms with Gasteiger partial charge in [-0.2, -0.15) is 0 Å². The van der Waals surface area contributed by atoms with Gasteiger partial charge in [0.05, 0.1) is 5.52 Å². The van der Waals surface area contributed by atoms with E-state index in [4.69, 9.17) is 5.21 Å². The molecule has 0 aliphatic rings. The molecule has 0 aliphatic carbocycles. The molecule has 0 bridgehead atoms. The van der Waals surface area contributed by atoms with Crippen molar-refractivity contribution < 1.29 is 10.0 Å². The Morgan fingerprint density at radius 1 is 1.04 bits per heavy atom.